The first-order chi connectivity index (χ1) is 10.5. The average molecular weight is 296 g/mol. The summed E-state index contributed by atoms with van der Waals surface area (Å²) in [6.45, 7) is 6.28. The summed E-state index contributed by atoms with van der Waals surface area (Å²) in [5.41, 5.74) is 2.55. The van der Waals surface area contributed by atoms with Crippen LogP contribution in [-0.2, 0) is 11.2 Å². The fourth-order valence-corrected chi connectivity index (χ4v) is 5.76. The van der Waals surface area contributed by atoms with E-state index < -0.39 is 0 Å². The van der Waals surface area contributed by atoms with Gasteiger partial charge in [-0.3, -0.25) is 4.79 Å². The van der Waals surface area contributed by atoms with Crippen molar-refractivity contribution in [2.75, 3.05) is 0 Å². The van der Waals surface area contributed by atoms with E-state index in [1.807, 2.05) is 12.1 Å². The Morgan fingerprint density at radius 3 is 2.91 bits per heavy atom. The van der Waals surface area contributed by atoms with Crippen molar-refractivity contribution < 1.29 is 9.90 Å². The van der Waals surface area contributed by atoms with Crippen LogP contribution in [0.15, 0.2) is 30.9 Å². The largest absolute Gasteiger partial charge is 0.508 e. The van der Waals surface area contributed by atoms with Crippen molar-refractivity contribution >= 4 is 5.78 Å². The molecule has 2 nitrogen and oxygen atoms in total. The number of hydrogen-bond acceptors (Lipinski definition) is 2. The van der Waals surface area contributed by atoms with Gasteiger partial charge in [0.1, 0.15) is 11.5 Å². The molecular weight excluding hydrogens is 272 g/mol. The van der Waals surface area contributed by atoms with Crippen LogP contribution in [0.4, 0.5) is 0 Å². The SMILES string of the molecule is C=C[C@H]1C[C@]2(C)C(=O)CCC2C2CCc3cc(O)ccc3C21. The highest BCUT2D eigenvalue weighted by molar-refractivity contribution is 5.87. The highest BCUT2D eigenvalue weighted by atomic mass is 16.3. The Morgan fingerprint density at radius 2 is 2.14 bits per heavy atom. The number of Topliss-reactive ketones (excluding diaryl/α,β-unsaturated/α-hetero) is 1. The molecule has 3 unspecified atom stereocenters. The number of aromatic hydroxyl groups is 1. The third-order valence-electron chi connectivity index (χ3n) is 6.77. The lowest BCUT2D eigenvalue weighted by atomic mass is 9.52. The van der Waals surface area contributed by atoms with Crippen LogP contribution in [0, 0.1) is 23.2 Å². The van der Waals surface area contributed by atoms with Gasteiger partial charge in [0.05, 0.1) is 0 Å². The number of carbonyl (C=O) groups excluding carboxylic acids is 1. The summed E-state index contributed by atoms with van der Waals surface area (Å²) in [6.07, 6.45) is 7.01. The second-order valence-corrected chi connectivity index (χ2v) is 7.70. The van der Waals surface area contributed by atoms with Crippen molar-refractivity contribution in [3.8, 4) is 5.75 Å². The number of aryl methyl sites for hydroxylation is 1. The van der Waals surface area contributed by atoms with E-state index in [9.17, 15) is 9.90 Å². The maximum absolute atomic E-state index is 12.5. The van der Waals surface area contributed by atoms with Crippen molar-refractivity contribution in [3.05, 3.63) is 42.0 Å². The summed E-state index contributed by atoms with van der Waals surface area (Å²) in [6, 6.07) is 5.85. The smallest absolute Gasteiger partial charge is 0.139 e. The molecule has 0 amide bonds. The Bertz CT molecular complexity index is 647. The van der Waals surface area contributed by atoms with E-state index in [2.05, 4.69) is 25.6 Å². The van der Waals surface area contributed by atoms with Crippen LogP contribution in [0.1, 0.15) is 49.7 Å². The zero-order valence-electron chi connectivity index (χ0n) is 13.2. The normalized spacial score (nSPS) is 39.8. The monoisotopic (exact) mass is 296 g/mol. The van der Waals surface area contributed by atoms with E-state index in [1.165, 1.54) is 11.1 Å². The van der Waals surface area contributed by atoms with Crippen LogP contribution in [0.2, 0.25) is 0 Å². The Labute approximate surface area is 132 Å². The quantitative estimate of drug-likeness (QED) is 0.787. The third-order valence-corrected chi connectivity index (χ3v) is 6.77. The Morgan fingerprint density at radius 1 is 1.32 bits per heavy atom. The molecule has 3 aliphatic rings. The van der Waals surface area contributed by atoms with Crippen LogP contribution in [-0.4, -0.2) is 10.9 Å². The Kier molecular flexibility index (Phi) is 3.01. The van der Waals surface area contributed by atoms with E-state index in [4.69, 9.17) is 0 Å². The topological polar surface area (TPSA) is 37.3 Å². The van der Waals surface area contributed by atoms with Gasteiger partial charge in [0, 0.05) is 11.8 Å². The fourth-order valence-electron chi connectivity index (χ4n) is 5.76. The van der Waals surface area contributed by atoms with Gasteiger partial charge >= 0.3 is 0 Å². The first-order valence-electron chi connectivity index (χ1n) is 8.52. The molecule has 116 valence electrons. The van der Waals surface area contributed by atoms with Crippen LogP contribution >= 0.6 is 0 Å². The fraction of sp³-hybridized carbons (Fsp3) is 0.550. The number of hydrogen-bond donors (Lipinski definition) is 1. The van der Waals surface area contributed by atoms with Gasteiger partial charge < -0.3 is 5.11 Å². The number of allylic oxidation sites excluding steroid dienone is 1. The van der Waals surface area contributed by atoms with Gasteiger partial charge in [0.15, 0.2) is 0 Å². The molecular formula is C20H24O2. The molecule has 0 aliphatic heterocycles. The van der Waals surface area contributed by atoms with Crippen molar-refractivity contribution in [2.24, 2.45) is 23.2 Å². The molecule has 0 bridgehead atoms. The molecule has 4 rings (SSSR count). The van der Waals surface area contributed by atoms with E-state index in [-0.39, 0.29) is 5.41 Å². The molecule has 0 heterocycles. The first kappa shape index (κ1) is 14.0. The highest BCUT2D eigenvalue weighted by Crippen LogP contribution is 2.61. The van der Waals surface area contributed by atoms with Gasteiger partial charge in [-0.25, -0.2) is 0 Å². The highest BCUT2D eigenvalue weighted by Gasteiger charge is 2.57. The lowest BCUT2D eigenvalue weighted by Crippen LogP contribution is -2.46. The molecule has 1 N–H and O–H groups in total. The zero-order valence-corrected chi connectivity index (χ0v) is 13.2. The predicted molar refractivity (Wildman–Crippen MR) is 86.8 cm³/mol. The second-order valence-electron chi connectivity index (χ2n) is 7.70. The van der Waals surface area contributed by atoms with Crippen molar-refractivity contribution in [2.45, 2.75) is 44.9 Å². The summed E-state index contributed by atoms with van der Waals surface area (Å²) < 4.78 is 0. The van der Waals surface area contributed by atoms with E-state index >= 15 is 0 Å². The summed E-state index contributed by atoms with van der Waals surface area (Å²) in [7, 11) is 0. The van der Waals surface area contributed by atoms with Crippen molar-refractivity contribution in [3.63, 3.8) is 0 Å². The minimum atomic E-state index is -0.131. The number of phenolic OH excluding ortho intramolecular Hbond substituents is 1. The maximum atomic E-state index is 12.5. The van der Waals surface area contributed by atoms with Gasteiger partial charge in [-0.1, -0.05) is 19.1 Å². The van der Waals surface area contributed by atoms with E-state index in [0.29, 0.717) is 35.2 Å². The van der Waals surface area contributed by atoms with Crippen molar-refractivity contribution in [1.29, 1.82) is 0 Å². The van der Waals surface area contributed by atoms with Gasteiger partial charge in [0.2, 0.25) is 0 Å². The lowest BCUT2D eigenvalue weighted by Gasteiger charge is -2.51. The second kappa shape index (κ2) is 4.71. The summed E-state index contributed by atoms with van der Waals surface area (Å²) in [4.78, 5) is 12.5. The summed E-state index contributed by atoms with van der Waals surface area (Å²) in [5, 5.41) is 9.77. The van der Waals surface area contributed by atoms with E-state index in [0.717, 1.165) is 32.1 Å². The molecule has 0 radical (unpaired) electrons. The standard InChI is InChI=1S/C20H24O2/c1-3-12-11-20(2)17(8-9-18(20)22)16-6-4-13-10-14(21)5-7-15(13)19(12)16/h3,5,7,10,12,16-17,19,21H,1,4,6,8-9,11H2,2H3/t12-,16?,17?,19?,20-/m0/s1. The lowest BCUT2D eigenvalue weighted by molar-refractivity contribution is -0.130. The summed E-state index contributed by atoms with van der Waals surface area (Å²) >= 11 is 0. The van der Waals surface area contributed by atoms with Gasteiger partial charge in [0.25, 0.3) is 0 Å². The number of fused-ring (bicyclic) bond motifs is 5. The molecule has 1 aromatic carbocycles. The number of rotatable bonds is 1. The van der Waals surface area contributed by atoms with Gasteiger partial charge in [-0.2, -0.15) is 0 Å². The minimum absolute atomic E-state index is 0.131. The van der Waals surface area contributed by atoms with Crippen LogP contribution < -0.4 is 0 Å². The van der Waals surface area contributed by atoms with E-state index in [1.54, 1.807) is 0 Å². The molecule has 2 fully saturated rings. The molecule has 0 saturated heterocycles. The number of ketones is 1. The summed E-state index contributed by atoms with van der Waals surface area (Å²) in [5.74, 6) is 2.81. The van der Waals surface area contributed by atoms with Crippen LogP contribution in [0.25, 0.3) is 0 Å². The zero-order chi connectivity index (χ0) is 15.5. The average Bonchev–Trinajstić information content (AvgIpc) is 2.81. The molecule has 3 aliphatic carbocycles. The number of phenols is 1. The van der Waals surface area contributed by atoms with Gasteiger partial charge in [-0.15, -0.1) is 6.58 Å². The van der Waals surface area contributed by atoms with Crippen LogP contribution in [0.3, 0.4) is 0 Å². The molecule has 2 heteroatoms. The Hall–Kier alpha value is -1.57. The Balaban J connectivity index is 1.81. The number of benzene rings is 1. The maximum Gasteiger partial charge on any atom is 0.139 e. The van der Waals surface area contributed by atoms with Gasteiger partial charge in [-0.05, 0) is 72.6 Å². The van der Waals surface area contributed by atoms with Crippen LogP contribution in [0.5, 0.6) is 5.75 Å². The minimum Gasteiger partial charge on any atom is -0.508 e. The number of carbonyl (C=O) groups is 1. The molecule has 0 aromatic heterocycles. The molecule has 2 saturated carbocycles. The molecule has 0 spiro atoms. The molecule has 5 atom stereocenters. The first-order valence-corrected chi connectivity index (χ1v) is 8.52. The third kappa shape index (κ3) is 1.76. The molecule has 22 heavy (non-hydrogen) atoms. The predicted octanol–water partition coefficient (Wildman–Crippen LogP) is 4.23. The molecule has 1 aromatic rings. The van der Waals surface area contributed by atoms with Crippen molar-refractivity contribution in [1.82, 2.24) is 0 Å².